The highest BCUT2D eigenvalue weighted by atomic mass is 35.5. The van der Waals surface area contributed by atoms with Gasteiger partial charge in [0.05, 0.1) is 0 Å². The maximum absolute atomic E-state index is 5.85. The molecule has 0 radical (unpaired) electrons. The lowest BCUT2D eigenvalue weighted by atomic mass is 11.0. The predicted molar refractivity (Wildman–Crippen MR) is 50.7 cm³/mol. The first kappa shape index (κ1) is 8.71. The van der Waals surface area contributed by atoms with Gasteiger partial charge in [0.25, 0.3) is 0 Å². The van der Waals surface area contributed by atoms with Gasteiger partial charge in [-0.05, 0) is 12.5 Å². The number of hydrogen-bond acceptors (Lipinski definition) is 4. The second-order valence-corrected chi connectivity index (χ2v) is 4.92. The fourth-order valence-electron chi connectivity index (χ4n) is 0.483. The van der Waals surface area contributed by atoms with E-state index in [1.807, 2.05) is 12.5 Å². The molecule has 0 aliphatic heterocycles. The molecule has 0 unspecified atom stereocenters. The molecule has 0 atom stereocenters. The van der Waals surface area contributed by atoms with E-state index in [2.05, 4.69) is 4.98 Å². The van der Waals surface area contributed by atoms with E-state index < -0.39 is 0 Å². The van der Waals surface area contributed by atoms with Crippen molar-refractivity contribution in [2.75, 3.05) is 12.5 Å². The lowest BCUT2D eigenvalue weighted by Crippen LogP contribution is -1.68. The van der Waals surface area contributed by atoms with Crippen LogP contribution in [0.4, 0.5) is 0 Å². The SMILES string of the molecule is CSc1nc(SC)c(Cl)s1. The standard InChI is InChI=1S/C5H6ClNS3/c1-8-4-3(6)10-5(7-4)9-2/h1-2H3. The maximum atomic E-state index is 5.85. The number of aromatic nitrogens is 1. The molecule has 56 valence electrons. The van der Waals surface area contributed by atoms with Crippen LogP contribution in [0.1, 0.15) is 0 Å². The van der Waals surface area contributed by atoms with Crippen LogP contribution in [0.25, 0.3) is 0 Å². The zero-order valence-electron chi connectivity index (χ0n) is 5.55. The summed E-state index contributed by atoms with van der Waals surface area (Å²) in [5.74, 6) is 0. The van der Waals surface area contributed by atoms with Crippen LogP contribution in [0.15, 0.2) is 9.37 Å². The summed E-state index contributed by atoms with van der Waals surface area (Å²) in [6.45, 7) is 0. The molecule has 5 heteroatoms. The Labute approximate surface area is 77.6 Å². The molecule has 1 aromatic rings. The zero-order chi connectivity index (χ0) is 7.56. The lowest BCUT2D eigenvalue weighted by Gasteiger charge is -1.84. The van der Waals surface area contributed by atoms with Gasteiger partial charge in [-0.3, -0.25) is 0 Å². The summed E-state index contributed by atoms with van der Waals surface area (Å²) in [7, 11) is 0. The van der Waals surface area contributed by atoms with E-state index in [9.17, 15) is 0 Å². The van der Waals surface area contributed by atoms with Gasteiger partial charge in [0, 0.05) is 0 Å². The Morgan fingerprint density at radius 2 is 2.10 bits per heavy atom. The average Bonchev–Trinajstić information content (AvgIpc) is 2.30. The van der Waals surface area contributed by atoms with E-state index in [-0.39, 0.29) is 0 Å². The van der Waals surface area contributed by atoms with Crippen molar-refractivity contribution in [2.24, 2.45) is 0 Å². The van der Waals surface area contributed by atoms with Crippen molar-refractivity contribution in [2.45, 2.75) is 9.37 Å². The molecule has 0 N–H and O–H groups in total. The van der Waals surface area contributed by atoms with E-state index in [0.29, 0.717) is 0 Å². The highest BCUT2D eigenvalue weighted by Crippen LogP contribution is 2.34. The molecule has 0 aliphatic rings. The van der Waals surface area contributed by atoms with Crippen molar-refractivity contribution < 1.29 is 0 Å². The zero-order valence-corrected chi connectivity index (χ0v) is 8.76. The third-order valence-electron chi connectivity index (χ3n) is 0.906. The summed E-state index contributed by atoms with van der Waals surface area (Å²) in [4.78, 5) is 4.26. The average molecular weight is 212 g/mol. The van der Waals surface area contributed by atoms with Gasteiger partial charge in [-0.2, -0.15) is 0 Å². The van der Waals surface area contributed by atoms with Crippen LogP contribution < -0.4 is 0 Å². The summed E-state index contributed by atoms with van der Waals surface area (Å²) in [6.07, 6.45) is 3.98. The number of nitrogens with zero attached hydrogens (tertiary/aromatic N) is 1. The monoisotopic (exact) mass is 211 g/mol. The van der Waals surface area contributed by atoms with E-state index in [4.69, 9.17) is 11.6 Å². The molecule has 0 saturated carbocycles. The van der Waals surface area contributed by atoms with E-state index in [0.717, 1.165) is 13.7 Å². The van der Waals surface area contributed by atoms with Crippen LogP contribution in [0.2, 0.25) is 4.34 Å². The Kier molecular flexibility index (Phi) is 3.36. The third-order valence-corrected chi connectivity index (χ3v) is 4.07. The van der Waals surface area contributed by atoms with Crippen LogP contribution in [-0.2, 0) is 0 Å². The van der Waals surface area contributed by atoms with Crippen LogP contribution in [0, 0.1) is 0 Å². The lowest BCUT2D eigenvalue weighted by molar-refractivity contribution is 1.11. The molecule has 0 aliphatic carbocycles. The normalized spacial score (nSPS) is 10.3. The quantitative estimate of drug-likeness (QED) is 0.698. The molecule has 1 rings (SSSR count). The van der Waals surface area contributed by atoms with Crippen molar-refractivity contribution in [3.63, 3.8) is 0 Å². The van der Waals surface area contributed by atoms with Gasteiger partial charge in [-0.1, -0.05) is 34.7 Å². The Hall–Kier alpha value is 0.620. The van der Waals surface area contributed by atoms with E-state index >= 15 is 0 Å². The fourth-order valence-corrected chi connectivity index (χ4v) is 3.14. The molecule has 0 aromatic carbocycles. The Bertz CT molecular complexity index is 223. The molecule has 0 saturated heterocycles. The maximum Gasteiger partial charge on any atom is 0.152 e. The van der Waals surface area contributed by atoms with Gasteiger partial charge in [-0.25, -0.2) is 4.98 Å². The summed E-state index contributed by atoms with van der Waals surface area (Å²) in [6, 6.07) is 0. The number of halogens is 1. The Balaban J connectivity index is 2.92. The minimum atomic E-state index is 0.803. The summed E-state index contributed by atoms with van der Waals surface area (Å²) >= 11 is 10.6. The summed E-state index contributed by atoms with van der Waals surface area (Å²) < 4.78 is 1.84. The molecule has 1 nitrogen and oxygen atoms in total. The van der Waals surface area contributed by atoms with E-state index in [1.165, 1.54) is 11.3 Å². The first-order chi connectivity index (χ1) is 4.77. The molecular formula is C5H6ClNS3. The molecule has 0 fully saturated rings. The first-order valence-electron chi connectivity index (χ1n) is 2.52. The van der Waals surface area contributed by atoms with Gasteiger partial charge < -0.3 is 0 Å². The van der Waals surface area contributed by atoms with Crippen molar-refractivity contribution in [3.05, 3.63) is 4.34 Å². The van der Waals surface area contributed by atoms with E-state index in [1.54, 1.807) is 23.5 Å². The molecule has 0 bridgehead atoms. The number of rotatable bonds is 2. The summed E-state index contributed by atoms with van der Waals surface area (Å²) in [5, 5.41) is 0.941. The molecular weight excluding hydrogens is 206 g/mol. The second kappa shape index (κ2) is 3.85. The van der Waals surface area contributed by atoms with Crippen molar-refractivity contribution >= 4 is 46.5 Å². The largest absolute Gasteiger partial charge is 0.222 e. The summed E-state index contributed by atoms with van der Waals surface area (Å²) in [5.41, 5.74) is 0. The molecule has 1 heterocycles. The Morgan fingerprint density at radius 1 is 1.40 bits per heavy atom. The van der Waals surface area contributed by atoms with Crippen molar-refractivity contribution in [1.29, 1.82) is 0 Å². The molecule has 1 aromatic heterocycles. The van der Waals surface area contributed by atoms with Gasteiger partial charge in [0.2, 0.25) is 0 Å². The smallest absolute Gasteiger partial charge is 0.152 e. The predicted octanol–water partition coefficient (Wildman–Crippen LogP) is 3.24. The van der Waals surface area contributed by atoms with Crippen LogP contribution in [-0.4, -0.2) is 17.5 Å². The minimum Gasteiger partial charge on any atom is -0.222 e. The third kappa shape index (κ3) is 1.81. The molecule has 0 spiro atoms. The highest BCUT2D eigenvalue weighted by molar-refractivity contribution is 8.01. The van der Waals surface area contributed by atoms with Crippen LogP contribution in [0.3, 0.4) is 0 Å². The minimum absolute atomic E-state index is 0.803. The molecule has 0 amide bonds. The fraction of sp³-hybridized carbons (Fsp3) is 0.400. The van der Waals surface area contributed by atoms with Crippen LogP contribution in [0.5, 0.6) is 0 Å². The Morgan fingerprint density at radius 3 is 2.40 bits per heavy atom. The highest BCUT2D eigenvalue weighted by Gasteiger charge is 2.05. The number of hydrogen-bond donors (Lipinski definition) is 0. The van der Waals surface area contributed by atoms with Gasteiger partial charge >= 0.3 is 0 Å². The first-order valence-corrected chi connectivity index (χ1v) is 6.16. The number of thioether (sulfide) groups is 2. The van der Waals surface area contributed by atoms with Crippen LogP contribution >= 0.6 is 46.5 Å². The van der Waals surface area contributed by atoms with Gasteiger partial charge in [0.1, 0.15) is 9.36 Å². The number of thiazole rings is 1. The van der Waals surface area contributed by atoms with Gasteiger partial charge in [0.15, 0.2) is 4.34 Å². The van der Waals surface area contributed by atoms with Crippen molar-refractivity contribution in [3.8, 4) is 0 Å². The topological polar surface area (TPSA) is 12.9 Å². The second-order valence-electron chi connectivity index (χ2n) is 1.47. The van der Waals surface area contributed by atoms with Gasteiger partial charge in [-0.15, -0.1) is 11.8 Å². The van der Waals surface area contributed by atoms with Crippen molar-refractivity contribution in [1.82, 2.24) is 4.98 Å². The molecule has 10 heavy (non-hydrogen) atoms.